The molecule has 0 bridgehead atoms. The summed E-state index contributed by atoms with van der Waals surface area (Å²) in [7, 11) is 0. The van der Waals surface area contributed by atoms with Gasteiger partial charge in [0, 0.05) is 19.8 Å². The molecule has 110 valence electrons. The molecule has 1 aliphatic carbocycles. The van der Waals surface area contributed by atoms with E-state index in [0.717, 1.165) is 32.3 Å². The summed E-state index contributed by atoms with van der Waals surface area (Å²) < 4.78 is 5.24. The van der Waals surface area contributed by atoms with Crippen LogP contribution in [0.25, 0.3) is 0 Å². The Hall–Kier alpha value is -1.55. The zero-order valence-electron chi connectivity index (χ0n) is 12.2. The van der Waals surface area contributed by atoms with Gasteiger partial charge in [0.05, 0.1) is 6.04 Å². The van der Waals surface area contributed by atoms with Crippen LogP contribution < -0.4 is 10.6 Å². The van der Waals surface area contributed by atoms with Crippen molar-refractivity contribution in [2.24, 2.45) is 0 Å². The predicted molar refractivity (Wildman–Crippen MR) is 79.8 cm³/mol. The third-order valence-corrected chi connectivity index (χ3v) is 3.63. The number of benzene rings is 1. The smallest absolute Gasteiger partial charge is 0.315 e. The van der Waals surface area contributed by atoms with Gasteiger partial charge in [0.1, 0.15) is 0 Å². The molecule has 2 rings (SSSR count). The fourth-order valence-electron chi connectivity index (χ4n) is 2.63. The minimum atomic E-state index is -0.0804. The molecular formula is C16H24N2O2. The number of nitrogens with one attached hydrogen (secondary N) is 2. The van der Waals surface area contributed by atoms with E-state index in [4.69, 9.17) is 4.74 Å². The Morgan fingerprint density at radius 1 is 1.40 bits per heavy atom. The Bertz CT molecular complexity index is 434. The third kappa shape index (κ3) is 4.23. The van der Waals surface area contributed by atoms with Gasteiger partial charge >= 0.3 is 6.03 Å². The second-order valence-electron chi connectivity index (χ2n) is 5.09. The van der Waals surface area contributed by atoms with Crippen molar-refractivity contribution in [3.05, 3.63) is 35.4 Å². The van der Waals surface area contributed by atoms with Crippen molar-refractivity contribution in [1.82, 2.24) is 10.6 Å². The second-order valence-corrected chi connectivity index (χ2v) is 5.09. The Morgan fingerprint density at radius 3 is 3.10 bits per heavy atom. The highest BCUT2D eigenvalue weighted by Gasteiger charge is 2.20. The minimum Gasteiger partial charge on any atom is -0.382 e. The number of urea groups is 1. The van der Waals surface area contributed by atoms with Gasteiger partial charge in [-0.25, -0.2) is 4.79 Å². The van der Waals surface area contributed by atoms with E-state index in [1.807, 2.05) is 13.0 Å². The molecule has 20 heavy (non-hydrogen) atoms. The Kier molecular flexibility index (Phi) is 5.87. The number of fused-ring (bicyclic) bond motifs is 1. The molecule has 1 aromatic rings. The number of ether oxygens (including phenoxy) is 1. The molecule has 0 heterocycles. The van der Waals surface area contributed by atoms with Gasteiger partial charge in [0.25, 0.3) is 0 Å². The molecule has 0 saturated carbocycles. The Balaban J connectivity index is 1.78. The highest BCUT2D eigenvalue weighted by Crippen LogP contribution is 2.29. The first-order chi connectivity index (χ1) is 9.81. The number of hydrogen-bond donors (Lipinski definition) is 2. The van der Waals surface area contributed by atoms with Gasteiger partial charge in [-0.05, 0) is 43.7 Å². The first-order valence-corrected chi connectivity index (χ1v) is 7.51. The van der Waals surface area contributed by atoms with Crippen molar-refractivity contribution in [3.63, 3.8) is 0 Å². The molecule has 1 aliphatic rings. The highest BCUT2D eigenvalue weighted by molar-refractivity contribution is 5.74. The van der Waals surface area contributed by atoms with E-state index in [1.165, 1.54) is 11.1 Å². The lowest BCUT2D eigenvalue weighted by Gasteiger charge is -2.26. The van der Waals surface area contributed by atoms with Crippen molar-refractivity contribution < 1.29 is 9.53 Å². The Labute approximate surface area is 120 Å². The lowest BCUT2D eigenvalue weighted by Crippen LogP contribution is -2.39. The molecule has 2 amide bonds. The van der Waals surface area contributed by atoms with E-state index >= 15 is 0 Å². The largest absolute Gasteiger partial charge is 0.382 e. The van der Waals surface area contributed by atoms with Gasteiger partial charge in [-0.15, -0.1) is 0 Å². The van der Waals surface area contributed by atoms with Crippen LogP contribution in [0, 0.1) is 0 Å². The van der Waals surface area contributed by atoms with Gasteiger partial charge in [0.2, 0.25) is 0 Å². The molecule has 0 aliphatic heterocycles. The summed E-state index contributed by atoms with van der Waals surface area (Å²) in [6.07, 6.45) is 4.11. The average Bonchev–Trinajstić information content (AvgIpc) is 2.47. The van der Waals surface area contributed by atoms with Crippen LogP contribution >= 0.6 is 0 Å². The van der Waals surface area contributed by atoms with E-state index < -0.39 is 0 Å². The fourth-order valence-corrected chi connectivity index (χ4v) is 2.63. The van der Waals surface area contributed by atoms with E-state index in [0.29, 0.717) is 13.2 Å². The third-order valence-electron chi connectivity index (χ3n) is 3.63. The minimum absolute atomic E-state index is 0.0804. The van der Waals surface area contributed by atoms with Gasteiger partial charge in [-0.1, -0.05) is 24.3 Å². The zero-order chi connectivity index (χ0) is 14.2. The zero-order valence-corrected chi connectivity index (χ0v) is 12.2. The lowest BCUT2D eigenvalue weighted by atomic mass is 9.88. The SMILES string of the molecule is CCOCCCNC(=O)NC1CCCc2ccccc21. The summed E-state index contributed by atoms with van der Waals surface area (Å²) >= 11 is 0. The van der Waals surface area contributed by atoms with Crippen LogP contribution in [0.4, 0.5) is 4.79 Å². The van der Waals surface area contributed by atoms with E-state index in [9.17, 15) is 4.79 Å². The highest BCUT2D eigenvalue weighted by atomic mass is 16.5. The number of carbonyl (C=O) groups is 1. The van der Waals surface area contributed by atoms with Gasteiger partial charge in [-0.2, -0.15) is 0 Å². The molecule has 0 fully saturated rings. The normalized spacial score (nSPS) is 17.4. The van der Waals surface area contributed by atoms with Crippen molar-refractivity contribution >= 4 is 6.03 Å². The number of hydrogen-bond acceptors (Lipinski definition) is 2. The molecule has 1 atom stereocenters. The van der Waals surface area contributed by atoms with Crippen molar-refractivity contribution in [1.29, 1.82) is 0 Å². The standard InChI is InChI=1S/C16H24N2O2/c1-2-20-12-6-11-17-16(19)18-15-10-5-8-13-7-3-4-9-14(13)15/h3-4,7,9,15H,2,5-6,8,10-12H2,1H3,(H2,17,18,19). The van der Waals surface area contributed by atoms with Crippen LogP contribution in [0.5, 0.6) is 0 Å². The maximum atomic E-state index is 11.9. The molecule has 0 saturated heterocycles. The number of aryl methyl sites for hydroxylation is 1. The fraction of sp³-hybridized carbons (Fsp3) is 0.562. The van der Waals surface area contributed by atoms with E-state index in [2.05, 4.69) is 28.8 Å². The molecule has 4 heteroatoms. The van der Waals surface area contributed by atoms with Gasteiger partial charge in [-0.3, -0.25) is 0 Å². The van der Waals surface area contributed by atoms with Crippen LogP contribution in [0.3, 0.4) is 0 Å². The van der Waals surface area contributed by atoms with Crippen LogP contribution in [0.15, 0.2) is 24.3 Å². The molecule has 2 N–H and O–H groups in total. The molecule has 0 radical (unpaired) electrons. The predicted octanol–water partition coefficient (Wildman–Crippen LogP) is 2.79. The number of rotatable bonds is 6. The summed E-state index contributed by atoms with van der Waals surface area (Å²) in [5, 5.41) is 5.96. The molecule has 1 unspecified atom stereocenters. The summed E-state index contributed by atoms with van der Waals surface area (Å²) in [5.41, 5.74) is 2.63. The first kappa shape index (κ1) is 14.9. The van der Waals surface area contributed by atoms with Crippen LogP contribution in [0.2, 0.25) is 0 Å². The van der Waals surface area contributed by atoms with Crippen LogP contribution in [-0.2, 0) is 11.2 Å². The van der Waals surface area contributed by atoms with Gasteiger partial charge in [0.15, 0.2) is 0 Å². The van der Waals surface area contributed by atoms with Crippen molar-refractivity contribution in [2.75, 3.05) is 19.8 Å². The van der Waals surface area contributed by atoms with Crippen molar-refractivity contribution in [2.45, 2.75) is 38.6 Å². The quantitative estimate of drug-likeness (QED) is 0.785. The second kappa shape index (κ2) is 7.90. The summed E-state index contributed by atoms with van der Waals surface area (Å²) in [6, 6.07) is 8.45. The molecule has 0 aromatic heterocycles. The van der Waals surface area contributed by atoms with Gasteiger partial charge < -0.3 is 15.4 Å². The summed E-state index contributed by atoms with van der Waals surface area (Å²) in [5.74, 6) is 0. The monoisotopic (exact) mass is 276 g/mol. The number of carbonyl (C=O) groups excluding carboxylic acids is 1. The topological polar surface area (TPSA) is 50.4 Å². The van der Waals surface area contributed by atoms with E-state index in [1.54, 1.807) is 0 Å². The molecular weight excluding hydrogens is 252 g/mol. The summed E-state index contributed by atoms with van der Waals surface area (Å²) in [6.45, 7) is 4.05. The maximum absolute atomic E-state index is 11.9. The molecule has 1 aromatic carbocycles. The average molecular weight is 276 g/mol. The van der Waals surface area contributed by atoms with Crippen LogP contribution in [-0.4, -0.2) is 25.8 Å². The lowest BCUT2D eigenvalue weighted by molar-refractivity contribution is 0.145. The summed E-state index contributed by atoms with van der Waals surface area (Å²) in [4.78, 5) is 11.9. The van der Waals surface area contributed by atoms with Crippen molar-refractivity contribution in [3.8, 4) is 0 Å². The number of amides is 2. The maximum Gasteiger partial charge on any atom is 0.315 e. The Morgan fingerprint density at radius 2 is 2.25 bits per heavy atom. The molecule has 0 spiro atoms. The van der Waals surface area contributed by atoms with Crippen LogP contribution in [0.1, 0.15) is 43.4 Å². The molecule has 4 nitrogen and oxygen atoms in total. The first-order valence-electron chi connectivity index (χ1n) is 7.51. The van der Waals surface area contributed by atoms with E-state index in [-0.39, 0.29) is 12.1 Å².